The summed E-state index contributed by atoms with van der Waals surface area (Å²) in [5.74, 6) is -0.413. The van der Waals surface area contributed by atoms with Gasteiger partial charge in [-0.3, -0.25) is 9.20 Å². The topological polar surface area (TPSA) is 63.1 Å². The molecule has 0 fully saturated rings. The maximum atomic E-state index is 14.5. The molecule has 0 saturated heterocycles. The van der Waals surface area contributed by atoms with Gasteiger partial charge >= 0.3 is 0 Å². The number of nitrogens with zero attached hydrogens (tertiary/aromatic N) is 4. The van der Waals surface area contributed by atoms with E-state index in [0.717, 1.165) is 0 Å². The van der Waals surface area contributed by atoms with Gasteiger partial charge in [-0.1, -0.05) is 17.7 Å². The molecule has 0 aliphatic carbocycles. The van der Waals surface area contributed by atoms with Crippen LogP contribution in [0.5, 0.6) is 0 Å². The number of benzene rings is 2. The van der Waals surface area contributed by atoms with Crippen LogP contribution < -0.4 is 5.56 Å². The van der Waals surface area contributed by atoms with Crippen molar-refractivity contribution >= 4 is 17.2 Å². The van der Waals surface area contributed by atoms with E-state index in [4.69, 9.17) is 16.9 Å². The zero-order valence-corrected chi connectivity index (χ0v) is 14.9. The lowest BCUT2D eigenvalue weighted by Crippen LogP contribution is -2.18. The van der Waals surface area contributed by atoms with Crippen molar-refractivity contribution in [2.24, 2.45) is 7.05 Å². The maximum absolute atomic E-state index is 14.5. The number of fused-ring (bicyclic) bond motifs is 1. The minimum absolute atomic E-state index is 0.218. The molecule has 5 nitrogen and oxygen atoms in total. The Morgan fingerprint density at radius 2 is 1.93 bits per heavy atom. The van der Waals surface area contributed by atoms with Crippen molar-refractivity contribution in [1.82, 2.24) is 14.0 Å². The summed E-state index contributed by atoms with van der Waals surface area (Å²) in [7, 11) is 1.65. The van der Waals surface area contributed by atoms with E-state index in [9.17, 15) is 9.18 Å². The van der Waals surface area contributed by atoms with Crippen LogP contribution in [0.1, 0.15) is 5.56 Å². The predicted octanol–water partition coefficient (Wildman–Crippen LogP) is 4.03. The Kier molecular flexibility index (Phi) is 4.02. The molecule has 4 aromatic rings. The largest absolute Gasteiger partial charge is 0.314 e. The van der Waals surface area contributed by atoms with Crippen molar-refractivity contribution in [1.29, 1.82) is 5.26 Å². The zero-order valence-electron chi connectivity index (χ0n) is 14.1. The molecule has 132 valence electrons. The van der Waals surface area contributed by atoms with Gasteiger partial charge in [-0.15, -0.1) is 0 Å². The minimum Gasteiger partial charge on any atom is -0.314 e. The van der Waals surface area contributed by atoms with Gasteiger partial charge in [-0.2, -0.15) is 5.26 Å². The van der Waals surface area contributed by atoms with E-state index in [1.54, 1.807) is 60.4 Å². The van der Waals surface area contributed by atoms with Crippen molar-refractivity contribution in [3.63, 3.8) is 0 Å². The molecular weight excluding hydrogens is 367 g/mol. The molecule has 0 radical (unpaired) electrons. The van der Waals surface area contributed by atoms with Crippen molar-refractivity contribution in [3.8, 4) is 28.5 Å². The molecular formula is C20H12ClFN4O. The van der Waals surface area contributed by atoms with Crippen LogP contribution in [0.15, 0.2) is 59.8 Å². The number of rotatable bonds is 2. The first-order valence-electron chi connectivity index (χ1n) is 8.02. The average molecular weight is 379 g/mol. The van der Waals surface area contributed by atoms with E-state index in [-0.39, 0.29) is 10.6 Å². The Bertz CT molecular complexity index is 1300. The molecule has 2 aromatic heterocycles. The van der Waals surface area contributed by atoms with E-state index in [1.807, 2.05) is 6.07 Å². The average Bonchev–Trinajstić information content (AvgIpc) is 3.10. The molecule has 0 saturated carbocycles. The first-order chi connectivity index (χ1) is 13.0. The van der Waals surface area contributed by atoms with E-state index < -0.39 is 5.82 Å². The van der Waals surface area contributed by atoms with Crippen molar-refractivity contribution in [2.75, 3.05) is 0 Å². The summed E-state index contributed by atoms with van der Waals surface area (Å²) >= 11 is 6.09. The lowest BCUT2D eigenvalue weighted by Gasteiger charge is -2.09. The van der Waals surface area contributed by atoms with E-state index in [1.165, 1.54) is 10.6 Å². The highest BCUT2D eigenvalue weighted by Crippen LogP contribution is 2.31. The molecule has 0 aliphatic rings. The molecule has 0 aliphatic heterocycles. The summed E-state index contributed by atoms with van der Waals surface area (Å²) in [5.41, 5.74) is 2.68. The second-order valence-corrected chi connectivity index (χ2v) is 6.46. The highest BCUT2D eigenvalue weighted by molar-refractivity contribution is 6.32. The summed E-state index contributed by atoms with van der Waals surface area (Å²) in [6.07, 6.45) is 4.96. The van der Waals surface area contributed by atoms with Crippen LogP contribution >= 0.6 is 11.6 Å². The zero-order chi connectivity index (χ0) is 19.1. The maximum Gasteiger partial charge on any atom is 0.293 e. The Balaban J connectivity index is 1.89. The highest BCUT2D eigenvalue weighted by Gasteiger charge is 2.13. The molecule has 0 unspecified atom stereocenters. The Morgan fingerprint density at radius 3 is 2.67 bits per heavy atom. The van der Waals surface area contributed by atoms with E-state index >= 15 is 0 Å². The van der Waals surface area contributed by atoms with Gasteiger partial charge < -0.3 is 4.57 Å². The van der Waals surface area contributed by atoms with E-state index in [2.05, 4.69) is 4.98 Å². The van der Waals surface area contributed by atoms with Crippen molar-refractivity contribution in [2.45, 2.75) is 0 Å². The molecule has 0 bridgehead atoms. The van der Waals surface area contributed by atoms with Crippen LogP contribution in [0.4, 0.5) is 4.39 Å². The lowest BCUT2D eigenvalue weighted by atomic mass is 10.00. The molecule has 2 aromatic carbocycles. The monoisotopic (exact) mass is 378 g/mol. The number of imidazole rings is 1. The number of aromatic nitrogens is 3. The first-order valence-corrected chi connectivity index (χ1v) is 8.40. The molecule has 0 atom stereocenters. The molecule has 0 spiro atoms. The van der Waals surface area contributed by atoms with E-state index in [0.29, 0.717) is 33.6 Å². The fraction of sp³-hybridized carbons (Fsp3) is 0.0500. The van der Waals surface area contributed by atoms with Crippen LogP contribution in [0, 0.1) is 17.1 Å². The van der Waals surface area contributed by atoms with Crippen LogP contribution in [-0.2, 0) is 7.05 Å². The summed E-state index contributed by atoms with van der Waals surface area (Å²) in [5, 5.41) is 9.26. The van der Waals surface area contributed by atoms with Gasteiger partial charge in [-0.25, -0.2) is 9.37 Å². The van der Waals surface area contributed by atoms with Crippen LogP contribution in [0.3, 0.4) is 0 Å². The number of halogens is 2. The van der Waals surface area contributed by atoms with Gasteiger partial charge in [0.1, 0.15) is 11.9 Å². The van der Waals surface area contributed by atoms with Crippen molar-refractivity contribution < 1.29 is 4.39 Å². The summed E-state index contributed by atoms with van der Waals surface area (Å²) in [4.78, 5) is 16.4. The Morgan fingerprint density at radius 1 is 1.15 bits per heavy atom. The van der Waals surface area contributed by atoms with Gasteiger partial charge in [-0.05, 0) is 35.9 Å². The number of hydrogen-bond donors (Lipinski definition) is 0. The molecule has 27 heavy (non-hydrogen) atoms. The Labute approximate surface area is 158 Å². The van der Waals surface area contributed by atoms with Crippen LogP contribution in [0.25, 0.3) is 28.0 Å². The normalized spacial score (nSPS) is 10.9. The number of nitriles is 1. The predicted molar refractivity (Wildman–Crippen MR) is 101 cm³/mol. The number of hydrogen-bond acceptors (Lipinski definition) is 3. The van der Waals surface area contributed by atoms with Gasteiger partial charge in [0.05, 0.1) is 22.5 Å². The fourth-order valence-electron chi connectivity index (χ4n) is 2.95. The molecule has 0 N–H and O–H groups in total. The van der Waals surface area contributed by atoms with Gasteiger partial charge in [0.2, 0.25) is 5.65 Å². The second kappa shape index (κ2) is 6.38. The summed E-state index contributed by atoms with van der Waals surface area (Å²) < 4.78 is 17.6. The standard InChI is InChI=1S/C20H12ClFN4O/c1-25-6-7-26-18(11-24-19(26)20(25)27)13-4-5-17(22)15(8-13)12-2-3-14(10-23)16(21)9-12/h2-9,11H,1H3. The smallest absolute Gasteiger partial charge is 0.293 e. The quantitative estimate of drug-likeness (QED) is 0.529. The van der Waals surface area contributed by atoms with Crippen LogP contribution in [0.2, 0.25) is 5.02 Å². The Hall–Kier alpha value is -3.43. The third-order valence-corrected chi connectivity index (χ3v) is 4.72. The third kappa shape index (κ3) is 2.78. The number of aryl methyl sites for hydroxylation is 1. The third-order valence-electron chi connectivity index (χ3n) is 4.41. The molecule has 4 rings (SSSR count). The second-order valence-electron chi connectivity index (χ2n) is 6.05. The van der Waals surface area contributed by atoms with Crippen LogP contribution in [-0.4, -0.2) is 14.0 Å². The minimum atomic E-state index is -0.413. The van der Waals surface area contributed by atoms with Crippen molar-refractivity contribution in [3.05, 3.63) is 81.7 Å². The first kappa shape index (κ1) is 17.0. The molecule has 0 amide bonds. The summed E-state index contributed by atoms with van der Waals surface area (Å²) in [6.45, 7) is 0. The molecule has 2 heterocycles. The molecule has 7 heteroatoms. The highest BCUT2D eigenvalue weighted by atomic mass is 35.5. The SMILES string of the molecule is Cn1ccn2c(-c3ccc(F)c(-c4ccc(C#N)c(Cl)c4)c3)cnc2c1=O. The van der Waals surface area contributed by atoms with Gasteiger partial charge in [0.25, 0.3) is 5.56 Å². The van der Waals surface area contributed by atoms with Gasteiger partial charge in [0, 0.05) is 30.6 Å². The van der Waals surface area contributed by atoms with Gasteiger partial charge in [0.15, 0.2) is 0 Å². The summed E-state index contributed by atoms with van der Waals surface area (Å²) in [6, 6.07) is 11.4. The fourth-order valence-corrected chi connectivity index (χ4v) is 3.18. The lowest BCUT2D eigenvalue weighted by molar-refractivity contribution is 0.631.